The Labute approximate surface area is 263 Å². The number of hydrogen-bond donors (Lipinski definition) is 3. The van der Waals surface area contributed by atoms with E-state index in [0.29, 0.717) is 24.2 Å². The first-order valence-electron chi connectivity index (χ1n) is 14.8. The van der Waals surface area contributed by atoms with E-state index in [1.165, 1.54) is 9.70 Å². The van der Waals surface area contributed by atoms with E-state index in [2.05, 4.69) is 47.0 Å². The minimum absolute atomic E-state index is 0.0549. The van der Waals surface area contributed by atoms with Crippen molar-refractivity contribution in [3.05, 3.63) is 35.1 Å². The van der Waals surface area contributed by atoms with Gasteiger partial charge in [0.15, 0.2) is 0 Å². The molecule has 0 aromatic carbocycles. The number of rotatable bonds is 4. The minimum Gasteiger partial charge on any atom is -0.479 e. The monoisotopic (exact) mass is 672 g/mol. The van der Waals surface area contributed by atoms with Crippen LogP contribution in [0.2, 0.25) is 0 Å². The van der Waals surface area contributed by atoms with Gasteiger partial charge in [0.25, 0.3) is 0 Å². The zero-order chi connectivity index (χ0) is 31.6. The second kappa shape index (κ2) is 12.6. The number of fused-ring (bicyclic) bond motifs is 2. The summed E-state index contributed by atoms with van der Waals surface area (Å²) in [6.07, 6.45) is 10.1. The lowest BCUT2D eigenvalue weighted by Crippen LogP contribution is -2.56. The van der Waals surface area contributed by atoms with E-state index in [9.17, 15) is 24.3 Å². The molecule has 5 atom stereocenters. The number of pyridine rings is 1. The molecule has 236 valence electrons. The Morgan fingerprint density at radius 3 is 2.73 bits per heavy atom. The maximum absolute atomic E-state index is 14.1. The third-order valence-corrected chi connectivity index (χ3v) is 8.48. The van der Waals surface area contributed by atoms with Crippen molar-refractivity contribution >= 4 is 39.8 Å². The molecule has 0 bridgehead atoms. The third kappa shape index (κ3) is 7.08. The van der Waals surface area contributed by atoms with E-state index in [0.717, 1.165) is 23.7 Å². The van der Waals surface area contributed by atoms with Gasteiger partial charge in [0.05, 0.1) is 6.04 Å². The molecule has 14 nitrogen and oxygen atoms in total. The normalized spacial score (nSPS) is 28.5. The number of carboxylic acid groups (broad SMARTS) is 1. The number of ether oxygens (including phenoxy) is 1. The average Bonchev–Trinajstić information content (AvgIpc) is 3.27. The van der Waals surface area contributed by atoms with Crippen molar-refractivity contribution in [2.24, 2.45) is 5.92 Å². The summed E-state index contributed by atoms with van der Waals surface area (Å²) >= 11 is 3.38. The van der Waals surface area contributed by atoms with Crippen molar-refractivity contribution in [3.8, 4) is 11.4 Å². The SMILES string of the molecule is CC(C)(C)OC(=O)N[C@H]1CCCCC/C=C\[C@@H]2C[C@@]2(C(=O)O)NC(=O)[C@@H]2C[C@@H](n3nnc(-c4cncc(Br)c4)n3)CN2C1=O. The van der Waals surface area contributed by atoms with Gasteiger partial charge in [-0.15, -0.1) is 10.2 Å². The molecule has 2 aromatic rings. The number of tetrazole rings is 1. The van der Waals surface area contributed by atoms with Gasteiger partial charge in [0.1, 0.15) is 23.2 Å². The van der Waals surface area contributed by atoms with Crippen LogP contribution in [0.1, 0.15) is 71.8 Å². The molecule has 2 aliphatic heterocycles. The number of nitrogens with one attached hydrogen (secondary N) is 2. The van der Waals surface area contributed by atoms with E-state index in [4.69, 9.17) is 4.74 Å². The number of carboxylic acids is 1. The standard InChI is InChI=1S/C29H37BrN8O6/c1-28(2,3)44-27(43)32-21-10-8-6-4-5-7-9-18-13-29(18,26(41)42)33-24(39)22-12-20(16-37(22)25(21)40)38-35-23(34-36-38)17-11-19(30)15-31-14-17/h7,9,11,14-15,18,20-22H,4-6,8,10,12-13,16H2,1-3H3,(H,32,43)(H,33,39)(H,41,42)/b9-7-/t18-,20-,21+,22+,29-/m1/s1. The van der Waals surface area contributed by atoms with Crippen molar-refractivity contribution in [2.75, 3.05) is 6.54 Å². The van der Waals surface area contributed by atoms with E-state index in [1.807, 2.05) is 12.2 Å². The summed E-state index contributed by atoms with van der Waals surface area (Å²) < 4.78 is 6.17. The maximum atomic E-state index is 14.1. The number of allylic oxidation sites excluding steroid dienone is 1. The molecular formula is C29H37BrN8O6. The fourth-order valence-electron chi connectivity index (χ4n) is 5.72. The molecular weight excluding hydrogens is 636 g/mol. The zero-order valence-corrected chi connectivity index (χ0v) is 26.5. The fraction of sp³-hybridized carbons (Fsp3) is 0.586. The first-order valence-corrected chi connectivity index (χ1v) is 15.6. The molecule has 3 amide bonds. The molecule has 0 unspecified atom stereocenters. The van der Waals surface area contributed by atoms with Crippen LogP contribution < -0.4 is 10.6 Å². The molecule has 3 N–H and O–H groups in total. The predicted molar refractivity (Wildman–Crippen MR) is 160 cm³/mol. The number of carbonyl (C=O) groups is 4. The molecule has 4 heterocycles. The van der Waals surface area contributed by atoms with Crippen molar-refractivity contribution in [3.63, 3.8) is 0 Å². The van der Waals surface area contributed by atoms with Crippen LogP contribution in [0.5, 0.6) is 0 Å². The predicted octanol–water partition coefficient (Wildman–Crippen LogP) is 3.01. The summed E-state index contributed by atoms with van der Waals surface area (Å²) in [5, 5.41) is 28.4. The van der Waals surface area contributed by atoms with Crippen LogP contribution in [0.25, 0.3) is 11.4 Å². The molecule has 2 aromatic heterocycles. The highest BCUT2D eigenvalue weighted by Gasteiger charge is 2.61. The molecule has 1 saturated carbocycles. The number of nitrogens with zero attached hydrogens (tertiary/aromatic N) is 6. The maximum Gasteiger partial charge on any atom is 0.408 e. The summed E-state index contributed by atoms with van der Waals surface area (Å²) in [5.74, 6) is -2.18. The molecule has 5 rings (SSSR count). The minimum atomic E-state index is -1.43. The van der Waals surface area contributed by atoms with Crippen LogP contribution in [0.15, 0.2) is 35.1 Å². The van der Waals surface area contributed by atoms with Gasteiger partial charge in [0.2, 0.25) is 17.6 Å². The van der Waals surface area contributed by atoms with Gasteiger partial charge < -0.3 is 25.4 Å². The lowest BCUT2D eigenvalue weighted by molar-refractivity contribution is -0.145. The Kier molecular flexibility index (Phi) is 9.05. The van der Waals surface area contributed by atoms with E-state index >= 15 is 0 Å². The average molecular weight is 674 g/mol. The molecule has 1 aliphatic carbocycles. The number of halogens is 1. The number of carbonyl (C=O) groups excluding carboxylic acids is 3. The molecule has 1 saturated heterocycles. The second-order valence-corrected chi connectivity index (χ2v) is 13.5. The number of alkyl carbamates (subject to hydrolysis) is 1. The summed E-state index contributed by atoms with van der Waals surface area (Å²) in [6, 6.07) is -0.714. The van der Waals surface area contributed by atoms with Crippen molar-refractivity contribution < 1.29 is 29.0 Å². The fourth-order valence-corrected chi connectivity index (χ4v) is 6.09. The van der Waals surface area contributed by atoms with Gasteiger partial charge in [-0.05, 0) is 73.7 Å². The Hall–Kier alpha value is -3.88. The van der Waals surface area contributed by atoms with E-state index in [1.54, 1.807) is 39.2 Å². The Morgan fingerprint density at radius 1 is 1.20 bits per heavy atom. The first-order chi connectivity index (χ1) is 20.9. The van der Waals surface area contributed by atoms with Gasteiger partial charge in [0, 0.05) is 41.3 Å². The van der Waals surface area contributed by atoms with Crippen molar-refractivity contribution in [2.45, 2.75) is 95.0 Å². The van der Waals surface area contributed by atoms with E-state index in [-0.39, 0.29) is 25.3 Å². The van der Waals surface area contributed by atoms with Gasteiger partial charge in [-0.2, -0.15) is 4.80 Å². The van der Waals surface area contributed by atoms with Crippen LogP contribution in [0.4, 0.5) is 4.79 Å². The van der Waals surface area contributed by atoms with Crippen LogP contribution in [0.3, 0.4) is 0 Å². The van der Waals surface area contributed by atoms with Crippen LogP contribution in [-0.4, -0.2) is 88.8 Å². The lowest BCUT2D eigenvalue weighted by Gasteiger charge is -2.30. The highest BCUT2D eigenvalue weighted by molar-refractivity contribution is 9.10. The third-order valence-electron chi connectivity index (χ3n) is 8.05. The molecule has 0 spiro atoms. The number of aliphatic carboxylic acids is 1. The largest absolute Gasteiger partial charge is 0.479 e. The lowest BCUT2D eigenvalue weighted by atomic mass is 10.0. The summed E-state index contributed by atoms with van der Waals surface area (Å²) in [7, 11) is 0. The molecule has 15 heteroatoms. The zero-order valence-electron chi connectivity index (χ0n) is 24.9. The van der Waals surface area contributed by atoms with Crippen LogP contribution in [0, 0.1) is 5.92 Å². The van der Waals surface area contributed by atoms with Crippen molar-refractivity contribution in [1.29, 1.82) is 0 Å². The van der Waals surface area contributed by atoms with Gasteiger partial charge in [-0.25, -0.2) is 9.59 Å². The quantitative estimate of drug-likeness (QED) is 0.408. The van der Waals surface area contributed by atoms with Crippen LogP contribution in [-0.2, 0) is 19.1 Å². The highest BCUT2D eigenvalue weighted by Crippen LogP contribution is 2.45. The molecule has 0 radical (unpaired) electrons. The van der Waals surface area contributed by atoms with Crippen molar-refractivity contribution in [1.82, 2.24) is 40.7 Å². The summed E-state index contributed by atoms with van der Waals surface area (Å²) in [5.41, 5.74) is -1.57. The molecule has 44 heavy (non-hydrogen) atoms. The second-order valence-electron chi connectivity index (χ2n) is 12.6. The summed E-state index contributed by atoms with van der Waals surface area (Å²) in [6.45, 7) is 5.25. The van der Waals surface area contributed by atoms with Gasteiger partial charge >= 0.3 is 12.1 Å². The Morgan fingerprint density at radius 2 is 2.00 bits per heavy atom. The smallest absolute Gasteiger partial charge is 0.408 e. The summed E-state index contributed by atoms with van der Waals surface area (Å²) in [4.78, 5) is 59.9. The molecule has 2 fully saturated rings. The topological polar surface area (TPSA) is 182 Å². The van der Waals surface area contributed by atoms with Crippen LogP contribution >= 0.6 is 15.9 Å². The highest BCUT2D eigenvalue weighted by atomic mass is 79.9. The first kappa shape index (κ1) is 31.5. The number of aromatic nitrogens is 5. The number of amides is 3. The van der Waals surface area contributed by atoms with Gasteiger partial charge in [-0.3, -0.25) is 14.6 Å². The Balaban J connectivity index is 1.44. The molecule has 3 aliphatic rings. The van der Waals surface area contributed by atoms with Gasteiger partial charge in [-0.1, -0.05) is 25.0 Å². The van der Waals surface area contributed by atoms with E-state index < -0.39 is 53.1 Å². The Bertz CT molecular complexity index is 1460. The number of hydrogen-bond acceptors (Lipinski definition) is 9.